The Kier molecular flexibility index (Phi) is 7.17. The van der Waals surface area contributed by atoms with Crippen molar-refractivity contribution in [3.8, 4) is 0 Å². The van der Waals surface area contributed by atoms with Gasteiger partial charge in [0, 0.05) is 61.1 Å². The van der Waals surface area contributed by atoms with Gasteiger partial charge in [0.1, 0.15) is 5.01 Å². The van der Waals surface area contributed by atoms with Crippen LogP contribution in [0.15, 0.2) is 24.3 Å². The van der Waals surface area contributed by atoms with Gasteiger partial charge in [-0.1, -0.05) is 29.8 Å². The minimum absolute atomic E-state index is 0. The van der Waals surface area contributed by atoms with Crippen LogP contribution in [0.2, 0.25) is 5.02 Å². The highest BCUT2D eigenvalue weighted by molar-refractivity contribution is 7.11. The molecule has 1 unspecified atom stereocenters. The maximum Gasteiger partial charge on any atom is 0.107 e. The zero-order valence-electron chi connectivity index (χ0n) is 15.9. The molecule has 0 saturated carbocycles. The number of benzene rings is 1. The summed E-state index contributed by atoms with van der Waals surface area (Å²) in [5, 5.41) is 5.63. The summed E-state index contributed by atoms with van der Waals surface area (Å²) in [5.41, 5.74) is 2.54. The summed E-state index contributed by atoms with van der Waals surface area (Å²) in [4.78, 5) is 11.5. The van der Waals surface area contributed by atoms with E-state index in [4.69, 9.17) is 16.6 Å². The van der Waals surface area contributed by atoms with Crippen LogP contribution >= 0.6 is 35.3 Å². The van der Waals surface area contributed by atoms with E-state index in [1.165, 1.54) is 21.1 Å². The fourth-order valence-corrected chi connectivity index (χ4v) is 5.37. The number of halogens is 2. The summed E-state index contributed by atoms with van der Waals surface area (Å²) < 4.78 is 0. The zero-order valence-corrected chi connectivity index (χ0v) is 18.3. The minimum Gasteiger partial charge on any atom is -0.314 e. The summed E-state index contributed by atoms with van der Waals surface area (Å²) in [6.07, 6.45) is 1.08. The Bertz CT molecular complexity index is 764. The lowest BCUT2D eigenvalue weighted by Crippen LogP contribution is -2.45. The van der Waals surface area contributed by atoms with Gasteiger partial charge in [-0.25, -0.2) is 4.98 Å². The van der Waals surface area contributed by atoms with E-state index in [2.05, 4.69) is 41.1 Å². The maximum atomic E-state index is 6.48. The fourth-order valence-electron chi connectivity index (χ4n) is 3.94. The molecule has 0 bridgehead atoms. The predicted octanol–water partition coefficient (Wildman–Crippen LogP) is 4.13. The van der Waals surface area contributed by atoms with Gasteiger partial charge < -0.3 is 5.32 Å². The van der Waals surface area contributed by atoms with Crippen LogP contribution in [0.1, 0.15) is 41.0 Å². The molecule has 4 rings (SSSR count). The predicted molar refractivity (Wildman–Crippen MR) is 116 cm³/mol. The molecule has 2 aliphatic rings. The second kappa shape index (κ2) is 9.21. The first-order valence-electron chi connectivity index (χ1n) is 9.52. The van der Waals surface area contributed by atoms with Gasteiger partial charge in [-0.15, -0.1) is 23.7 Å². The molecule has 4 nitrogen and oxygen atoms in total. The highest BCUT2D eigenvalue weighted by atomic mass is 35.5. The van der Waals surface area contributed by atoms with Crippen LogP contribution in [0.3, 0.4) is 0 Å². The van der Waals surface area contributed by atoms with Crippen molar-refractivity contribution in [3.63, 3.8) is 0 Å². The van der Waals surface area contributed by atoms with Gasteiger partial charge in [-0.2, -0.15) is 0 Å². The summed E-state index contributed by atoms with van der Waals surface area (Å²) >= 11 is 8.38. The lowest BCUT2D eigenvalue weighted by Gasteiger charge is -2.36. The number of rotatable bonds is 4. The molecule has 1 N–H and O–H groups in total. The highest BCUT2D eigenvalue weighted by Gasteiger charge is 2.28. The molecule has 0 spiro atoms. The largest absolute Gasteiger partial charge is 0.314 e. The molecule has 3 heterocycles. The maximum absolute atomic E-state index is 6.48. The third-order valence-electron chi connectivity index (χ3n) is 5.49. The Morgan fingerprint density at radius 3 is 2.89 bits per heavy atom. The van der Waals surface area contributed by atoms with Crippen molar-refractivity contribution in [2.75, 3.05) is 26.2 Å². The molecule has 1 saturated heterocycles. The molecular formula is C20H28Cl2N4S. The third-order valence-corrected chi connectivity index (χ3v) is 6.90. The van der Waals surface area contributed by atoms with Crippen LogP contribution in [0, 0.1) is 0 Å². The van der Waals surface area contributed by atoms with Gasteiger partial charge in [-0.05, 0) is 25.5 Å². The topological polar surface area (TPSA) is 31.4 Å². The molecule has 2 aromatic rings. The lowest BCUT2D eigenvalue weighted by atomic mass is 10.0. The van der Waals surface area contributed by atoms with E-state index in [9.17, 15) is 0 Å². The number of nitrogens with zero attached hydrogens (tertiary/aromatic N) is 3. The Balaban J connectivity index is 0.00000210. The van der Waals surface area contributed by atoms with Gasteiger partial charge in [0.15, 0.2) is 0 Å². The number of hydrogen-bond acceptors (Lipinski definition) is 5. The van der Waals surface area contributed by atoms with Gasteiger partial charge >= 0.3 is 0 Å². The molecule has 148 valence electrons. The number of fused-ring (bicyclic) bond motifs is 1. The first kappa shape index (κ1) is 21.0. The monoisotopic (exact) mass is 426 g/mol. The summed E-state index contributed by atoms with van der Waals surface area (Å²) in [6, 6.07) is 9.14. The van der Waals surface area contributed by atoms with Crippen LogP contribution in [-0.2, 0) is 19.5 Å². The Morgan fingerprint density at radius 2 is 2.11 bits per heavy atom. The van der Waals surface area contributed by atoms with Crippen LogP contribution in [0.5, 0.6) is 0 Å². The average molecular weight is 427 g/mol. The standard InChI is InChI=1S/C20H27ClN4S.ClH/c1-14(2)24-9-7-17-19(12-24)26-20(23-17)13-25-10-8-22-11-18(25)15-5-3-4-6-16(15)21;/h3-6,14,18,22H,7-13H2,1-2H3;1H. The number of piperazine rings is 1. The number of thiazole rings is 1. The van der Waals surface area contributed by atoms with E-state index in [0.29, 0.717) is 12.1 Å². The lowest BCUT2D eigenvalue weighted by molar-refractivity contribution is 0.153. The van der Waals surface area contributed by atoms with Crippen LogP contribution in [0.25, 0.3) is 0 Å². The smallest absolute Gasteiger partial charge is 0.107 e. The first-order valence-corrected chi connectivity index (χ1v) is 10.7. The van der Waals surface area contributed by atoms with Crippen LogP contribution < -0.4 is 5.32 Å². The Morgan fingerprint density at radius 1 is 1.30 bits per heavy atom. The zero-order chi connectivity index (χ0) is 18.1. The molecule has 27 heavy (non-hydrogen) atoms. The van der Waals surface area contributed by atoms with E-state index < -0.39 is 0 Å². The second-order valence-corrected chi connectivity index (χ2v) is 9.08. The summed E-state index contributed by atoms with van der Waals surface area (Å²) in [6.45, 7) is 10.6. The van der Waals surface area contributed by atoms with Crippen molar-refractivity contribution in [2.45, 2.75) is 45.4 Å². The molecule has 1 atom stereocenters. The normalized spacial score (nSPS) is 21.1. The molecule has 1 aromatic heterocycles. The quantitative estimate of drug-likeness (QED) is 0.795. The number of nitrogens with one attached hydrogen (secondary N) is 1. The third kappa shape index (κ3) is 4.66. The first-order chi connectivity index (χ1) is 12.6. The van der Waals surface area contributed by atoms with Crippen LogP contribution in [-0.4, -0.2) is 47.0 Å². The van der Waals surface area contributed by atoms with E-state index >= 15 is 0 Å². The van der Waals surface area contributed by atoms with Gasteiger partial charge in [-0.3, -0.25) is 9.80 Å². The highest BCUT2D eigenvalue weighted by Crippen LogP contribution is 2.32. The van der Waals surface area contributed by atoms with Gasteiger partial charge in [0.05, 0.1) is 12.2 Å². The molecule has 2 aliphatic heterocycles. The Labute approximate surface area is 177 Å². The summed E-state index contributed by atoms with van der Waals surface area (Å²) in [7, 11) is 0. The molecule has 1 fully saturated rings. The molecule has 0 radical (unpaired) electrons. The second-order valence-electron chi connectivity index (χ2n) is 7.50. The minimum atomic E-state index is 0. The molecule has 0 aliphatic carbocycles. The fraction of sp³-hybridized carbons (Fsp3) is 0.550. The number of aromatic nitrogens is 1. The van der Waals surface area contributed by atoms with Crippen LogP contribution in [0.4, 0.5) is 0 Å². The molecule has 1 aromatic carbocycles. The van der Waals surface area contributed by atoms with E-state index in [-0.39, 0.29) is 12.4 Å². The summed E-state index contributed by atoms with van der Waals surface area (Å²) in [5.74, 6) is 0. The van der Waals surface area contributed by atoms with E-state index in [0.717, 1.165) is 50.7 Å². The van der Waals surface area contributed by atoms with Crippen molar-refractivity contribution in [1.29, 1.82) is 0 Å². The van der Waals surface area contributed by atoms with E-state index in [1.54, 1.807) is 0 Å². The number of hydrogen-bond donors (Lipinski definition) is 1. The van der Waals surface area contributed by atoms with Crippen molar-refractivity contribution < 1.29 is 0 Å². The van der Waals surface area contributed by atoms with Crippen molar-refractivity contribution in [1.82, 2.24) is 20.1 Å². The van der Waals surface area contributed by atoms with Gasteiger partial charge in [0.2, 0.25) is 0 Å². The molecular weight excluding hydrogens is 399 g/mol. The SMILES string of the molecule is CC(C)N1CCc2nc(CN3CCNCC3c3ccccc3Cl)sc2C1.Cl. The average Bonchev–Trinajstić information content (AvgIpc) is 3.04. The van der Waals surface area contributed by atoms with Crippen molar-refractivity contribution in [3.05, 3.63) is 50.4 Å². The molecule has 0 amide bonds. The molecule has 7 heteroatoms. The van der Waals surface area contributed by atoms with Gasteiger partial charge in [0.25, 0.3) is 0 Å². The van der Waals surface area contributed by atoms with Crippen molar-refractivity contribution in [2.24, 2.45) is 0 Å². The Hall–Kier alpha value is -0.690. The van der Waals surface area contributed by atoms with Crippen molar-refractivity contribution >= 4 is 35.3 Å². The van der Waals surface area contributed by atoms with E-state index in [1.807, 2.05) is 23.5 Å².